The van der Waals surface area contributed by atoms with E-state index in [1.165, 1.54) is 0 Å². The molecule has 15 heavy (non-hydrogen) atoms. The largest absolute Gasteiger partial charge is 0.382 e. The molecular weight excluding hydrogens is 218 g/mol. The SMILES string of the molecule is COCCOCCOCCN(C)CCCl. The second-order valence-corrected chi connectivity index (χ2v) is 3.59. The molecule has 0 heterocycles. The van der Waals surface area contributed by atoms with Crippen LogP contribution in [-0.2, 0) is 14.2 Å². The van der Waals surface area contributed by atoms with Crippen LogP contribution in [-0.4, -0.2) is 71.1 Å². The first-order valence-corrected chi connectivity index (χ1v) is 5.73. The van der Waals surface area contributed by atoms with E-state index in [4.69, 9.17) is 25.8 Å². The van der Waals surface area contributed by atoms with Gasteiger partial charge < -0.3 is 19.1 Å². The van der Waals surface area contributed by atoms with Crippen LogP contribution in [0.5, 0.6) is 0 Å². The number of halogens is 1. The van der Waals surface area contributed by atoms with Crippen LogP contribution >= 0.6 is 11.6 Å². The van der Waals surface area contributed by atoms with Crippen LogP contribution in [0.15, 0.2) is 0 Å². The molecule has 0 unspecified atom stereocenters. The average molecular weight is 240 g/mol. The highest BCUT2D eigenvalue weighted by Gasteiger charge is 1.96. The van der Waals surface area contributed by atoms with E-state index in [1.807, 2.05) is 7.05 Å². The number of nitrogens with zero attached hydrogens (tertiary/aromatic N) is 1. The minimum absolute atomic E-state index is 0.628. The fourth-order valence-electron chi connectivity index (χ4n) is 0.941. The zero-order valence-electron chi connectivity index (χ0n) is 9.71. The molecule has 0 aliphatic rings. The van der Waals surface area contributed by atoms with Crippen molar-refractivity contribution in [3.63, 3.8) is 0 Å². The summed E-state index contributed by atoms with van der Waals surface area (Å²) in [5.74, 6) is 0.663. The maximum Gasteiger partial charge on any atom is 0.0701 e. The van der Waals surface area contributed by atoms with E-state index in [1.54, 1.807) is 7.11 Å². The van der Waals surface area contributed by atoms with Gasteiger partial charge in [-0.3, -0.25) is 0 Å². The Morgan fingerprint density at radius 1 is 0.933 bits per heavy atom. The van der Waals surface area contributed by atoms with Crippen LogP contribution in [0.3, 0.4) is 0 Å². The summed E-state index contributed by atoms with van der Waals surface area (Å²) in [6, 6.07) is 0. The highest BCUT2D eigenvalue weighted by Crippen LogP contribution is 1.86. The number of hydrogen-bond acceptors (Lipinski definition) is 4. The van der Waals surface area contributed by atoms with E-state index in [2.05, 4.69) is 4.90 Å². The van der Waals surface area contributed by atoms with Gasteiger partial charge in [0, 0.05) is 26.1 Å². The predicted octanol–water partition coefficient (Wildman–Crippen LogP) is 0.837. The molecule has 0 N–H and O–H groups in total. The van der Waals surface area contributed by atoms with Crippen molar-refractivity contribution in [2.75, 3.05) is 66.2 Å². The second kappa shape index (κ2) is 12.2. The van der Waals surface area contributed by atoms with E-state index < -0.39 is 0 Å². The molecule has 0 amide bonds. The van der Waals surface area contributed by atoms with E-state index in [0.717, 1.165) is 19.7 Å². The number of alkyl halides is 1. The zero-order chi connectivity index (χ0) is 11.4. The number of ether oxygens (including phenoxy) is 3. The number of hydrogen-bond donors (Lipinski definition) is 0. The first-order chi connectivity index (χ1) is 7.31. The van der Waals surface area contributed by atoms with Crippen molar-refractivity contribution < 1.29 is 14.2 Å². The summed E-state index contributed by atoms with van der Waals surface area (Å²) < 4.78 is 15.5. The maximum absolute atomic E-state index is 5.59. The van der Waals surface area contributed by atoms with Crippen molar-refractivity contribution in [2.24, 2.45) is 0 Å². The summed E-state index contributed by atoms with van der Waals surface area (Å²) in [6.45, 7) is 5.06. The van der Waals surface area contributed by atoms with Gasteiger partial charge in [0.25, 0.3) is 0 Å². The fraction of sp³-hybridized carbons (Fsp3) is 1.00. The molecule has 0 aromatic heterocycles. The minimum atomic E-state index is 0.628. The van der Waals surface area contributed by atoms with E-state index >= 15 is 0 Å². The highest BCUT2D eigenvalue weighted by atomic mass is 35.5. The maximum atomic E-state index is 5.59. The highest BCUT2D eigenvalue weighted by molar-refractivity contribution is 6.18. The van der Waals surface area contributed by atoms with E-state index in [9.17, 15) is 0 Å². The lowest BCUT2D eigenvalue weighted by molar-refractivity contribution is 0.0211. The monoisotopic (exact) mass is 239 g/mol. The molecule has 92 valence electrons. The Kier molecular flexibility index (Phi) is 12.3. The summed E-state index contributed by atoms with van der Waals surface area (Å²) in [6.07, 6.45) is 0. The smallest absolute Gasteiger partial charge is 0.0701 e. The molecule has 0 rings (SSSR count). The van der Waals surface area contributed by atoms with Crippen LogP contribution in [0.25, 0.3) is 0 Å². The van der Waals surface area contributed by atoms with Gasteiger partial charge in [-0.15, -0.1) is 11.6 Å². The van der Waals surface area contributed by atoms with Crippen molar-refractivity contribution in [1.29, 1.82) is 0 Å². The third kappa shape index (κ3) is 12.1. The molecule has 0 fully saturated rings. The van der Waals surface area contributed by atoms with Gasteiger partial charge in [0.2, 0.25) is 0 Å². The normalized spacial score (nSPS) is 11.2. The lowest BCUT2D eigenvalue weighted by Crippen LogP contribution is -2.25. The summed E-state index contributed by atoms with van der Waals surface area (Å²) >= 11 is 5.59. The molecule has 0 bridgehead atoms. The average Bonchev–Trinajstić information content (AvgIpc) is 2.22. The topological polar surface area (TPSA) is 30.9 Å². The quantitative estimate of drug-likeness (QED) is 0.395. The molecule has 5 heteroatoms. The Bertz CT molecular complexity index is 127. The Balaban J connectivity index is 2.98. The van der Waals surface area contributed by atoms with Gasteiger partial charge in [0.15, 0.2) is 0 Å². The Labute approximate surface area is 97.4 Å². The van der Waals surface area contributed by atoms with Crippen molar-refractivity contribution in [2.45, 2.75) is 0 Å². The van der Waals surface area contributed by atoms with Gasteiger partial charge in [0.05, 0.1) is 33.0 Å². The Hall–Kier alpha value is 0.130. The lowest BCUT2D eigenvalue weighted by Gasteiger charge is -2.14. The van der Waals surface area contributed by atoms with Crippen LogP contribution in [0.2, 0.25) is 0 Å². The molecule has 0 spiro atoms. The molecule has 0 saturated heterocycles. The van der Waals surface area contributed by atoms with Gasteiger partial charge in [0.1, 0.15) is 0 Å². The van der Waals surface area contributed by atoms with Crippen molar-refractivity contribution in [3.8, 4) is 0 Å². The van der Waals surface area contributed by atoms with Crippen molar-refractivity contribution in [3.05, 3.63) is 0 Å². The van der Waals surface area contributed by atoms with Crippen LogP contribution in [0.4, 0.5) is 0 Å². The van der Waals surface area contributed by atoms with Crippen molar-refractivity contribution in [1.82, 2.24) is 4.90 Å². The molecule has 0 atom stereocenters. The molecular formula is C10H22ClNO3. The Morgan fingerprint density at radius 2 is 1.53 bits per heavy atom. The van der Waals surface area contributed by atoms with Crippen LogP contribution < -0.4 is 0 Å². The van der Waals surface area contributed by atoms with Gasteiger partial charge in [-0.1, -0.05) is 0 Å². The van der Waals surface area contributed by atoms with Gasteiger partial charge in [-0.25, -0.2) is 0 Å². The Morgan fingerprint density at radius 3 is 2.13 bits per heavy atom. The molecule has 4 nitrogen and oxygen atoms in total. The lowest BCUT2D eigenvalue weighted by atomic mass is 10.5. The van der Waals surface area contributed by atoms with Crippen molar-refractivity contribution >= 4 is 11.6 Å². The molecule has 0 aliphatic heterocycles. The fourth-order valence-corrected chi connectivity index (χ4v) is 1.23. The summed E-state index contributed by atoms with van der Waals surface area (Å²) in [4.78, 5) is 2.14. The number of methoxy groups -OCH3 is 1. The van der Waals surface area contributed by atoms with Crippen LogP contribution in [0.1, 0.15) is 0 Å². The standard InChI is InChI=1S/C10H22ClNO3/c1-12(4-3-11)5-6-14-9-10-15-8-7-13-2/h3-10H2,1-2H3. The molecule has 0 aromatic carbocycles. The zero-order valence-corrected chi connectivity index (χ0v) is 10.5. The number of likely N-dealkylation sites (N-methyl/N-ethyl adjacent to an activating group) is 1. The summed E-state index contributed by atoms with van der Waals surface area (Å²) in [5.41, 5.74) is 0. The molecule has 0 radical (unpaired) electrons. The minimum Gasteiger partial charge on any atom is -0.382 e. The third-order valence-corrected chi connectivity index (χ3v) is 2.06. The third-order valence-electron chi connectivity index (χ3n) is 1.89. The second-order valence-electron chi connectivity index (χ2n) is 3.21. The van der Waals surface area contributed by atoms with E-state index in [0.29, 0.717) is 32.3 Å². The van der Waals surface area contributed by atoms with Gasteiger partial charge in [-0.2, -0.15) is 0 Å². The first kappa shape index (κ1) is 15.1. The van der Waals surface area contributed by atoms with Gasteiger partial charge >= 0.3 is 0 Å². The first-order valence-electron chi connectivity index (χ1n) is 5.20. The molecule has 0 aromatic rings. The van der Waals surface area contributed by atoms with E-state index in [-0.39, 0.29) is 0 Å². The number of rotatable bonds is 11. The predicted molar refractivity (Wildman–Crippen MR) is 61.7 cm³/mol. The summed E-state index contributed by atoms with van der Waals surface area (Å²) in [5, 5.41) is 0. The molecule has 0 saturated carbocycles. The van der Waals surface area contributed by atoms with Gasteiger partial charge in [-0.05, 0) is 7.05 Å². The summed E-state index contributed by atoms with van der Waals surface area (Å²) in [7, 11) is 3.69. The van der Waals surface area contributed by atoms with Crippen LogP contribution in [0, 0.1) is 0 Å². The molecule has 0 aliphatic carbocycles.